The van der Waals surface area contributed by atoms with Crippen LogP contribution in [0.5, 0.6) is 0 Å². The van der Waals surface area contributed by atoms with E-state index in [1.54, 1.807) is 0 Å². The Bertz CT molecular complexity index is 928. The fourth-order valence-electron chi connectivity index (χ4n) is 2.62. The van der Waals surface area contributed by atoms with E-state index >= 15 is 0 Å². The van der Waals surface area contributed by atoms with Crippen LogP contribution < -0.4 is 5.32 Å². The van der Waals surface area contributed by atoms with Crippen molar-refractivity contribution >= 4 is 11.9 Å². The smallest absolute Gasteiger partial charge is 0.330 e. The largest absolute Gasteiger partial charge is 0.461 e. The molecule has 5 nitrogen and oxygen atoms in total. The van der Waals surface area contributed by atoms with Gasteiger partial charge in [0.2, 0.25) is 0 Å². The summed E-state index contributed by atoms with van der Waals surface area (Å²) in [6.45, 7) is 5.35. The standard InChI is InChI=1S/C17H19NO2.C10H10O2/c19-17(20-14-16-9-5-2-6-10-16)11-12-18-13-15-7-3-1-4-8-15;1-2-10(11)12-8-9-6-4-3-5-7-9/h1-10,18H,11-14H2;2-7H,1,8H2. The molecular weight excluding hydrogens is 402 g/mol. The number of benzene rings is 3. The summed E-state index contributed by atoms with van der Waals surface area (Å²) < 4.78 is 10.0. The summed E-state index contributed by atoms with van der Waals surface area (Å²) in [5.41, 5.74) is 3.20. The van der Waals surface area contributed by atoms with E-state index in [0.29, 0.717) is 26.2 Å². The average molecular weight is 432 g/mol. The van der Waals surface area contributed by atoms with Crippen LogP contribution in [0.15, 0.2) is 104 Å². The highest BCUT2D eigenvalue weighted by Gasteiger charge is 2.03. The van der Waals surface area contributed by atoms with E-state index < -0.39 is 0 Å². The molecule has 0 fully saturated rings. The Morgan fingerprint density at radius 1 is 0.719 bits per heavy atom. The molecule has 0 aromatic heterocycles. The van der Waals surface area contributed by atoms with Crippen LogP contribution in [0.3, 0.4) is 0 Å². The Balaban J connectivity index is 0.000000258. The Morgan fingerprint density at radius 3 is 1.69 bits per heavy atom. The van der Waals surface area contributed by atoms with Crippen LogP contribution in [-0.4, -0.2) is 18.5 Å². The molecular formula is C27H29NO4. The molecule has 0 saturated carbocycles. The molecule has 5 heteroatoms. The number of carbonyl (C=O) groups is 2. The van der Waals surface area contributed by atoms with Crippen LogP contribution in [0.25, 0.3) is 0 Å². The van der Waals surface area contributed by atoms with Crippen molar-refractivity contribution in [1.82, 2.24) is 5.32 Å². The second-order valence-corrected chi connectivity index (χ2v) is 6.86. The van der Waals surface area contributed by atoms with Crippen molar-refractivity contribution in [3.8, 4) is 0 Å². The molecule has 1 N–H and O–H groups in total. The summed E-state index contributed by atoms with van der Waals surface area (Å²) >= 11 is 0. The predicted molar refractivity (Wildman–Crippen MR) is 125 cm³/mol. The number of carbonyl (C=O) groups excluding carboxylic acids is 2. The molecule has 3 aromatic rings. The lowest BCUT2D eigenvalue weighted by atomic mass is 10.2. The maximum Gasteiger partial charge on any atom is 0.330 e. The molecule has 0 radical (unpaired) electrons. The molecule has 3 rings (SSSR count). The minimum Gasteiger partial charge on any atom is -0.461 e. The summed E-state index contributed by atoms with van der Waals surface area (Å²) in [6, 6.07) is 29.3. The van der Waals surface area contributed by atoms with Gasteiger partial charge in [0, 0.05) is 19.2 Å². The molecule has 0 aliphatic rings. The SMILES string of the molecule is C=CC(=O)OCc1ccccc1.O=C(CCNCc1ccccc1)OCc1ccccc1. The fraction of sp³-hybridized carbons (Fsp3) is 0.185. The average Bonchev–Trinajstić information content (AvgIpc) is 2.86. The molecule has 0 atom stereocenters. The van der Waals surface area contributed by atoms with Gasteiger partial charge in [0.25, 0.3) is 0 Å². The van der Waals surface area contributed by atoms with Gasteiger partial charge in [-0.1, -0.05) is 97.6 Å². The van der Waals surface area contributed by atoms with Gasteiger partial charge in [-0.05, 0) is 16.7 Å². The molecule has 0 aliphatic carbocycles. The minimum atomic E-state index is -0.390. The zero-order chi connectivity index (χ0) is 22.9. The highest BCUT2D eigenvalue weighted by Crippen LogP contribution is 2.02. The maximum atomic E-state index is 11.6. The number of esters is 2. The fourth-order valence-corrected chi connectivity index (χ4v) is 2.62. The third-order valence-corrected chi connectivity index (χ3v) is 4.31. The van der Waals surface area contributed by atoms with Gasteiger partial charge in [-0.15, -0.1) is 0 Å². The first-order valence-electron chi connectivity index (χ1n) is 10.4. The van der Waals surface area contributed by atoms with E-state index in [0.717, 1.165) is 23.7 Å². The summed E-state index contributed by atoms with van der Waals surface area (Å²) in [4.78, 5) is 22.2. The van der Waals surface area contributed by atoms with Crippen LogP contribution >= 0.6 is 0 Å². The normalized spacial score (nSPS) is 9.75. The van der Waals surface area contributed by atoms with Crippen LogP contribution in [0, 0.1) is 0 Å². The first-order chi connectivity index (χ1) is 15.7. The van der Waals surface area contributed by atoms with Gasteiger partial charge in [-0.25, -0.2) is 4.79 Å². The molecule has 0 heterocycles. The van der Waals surface area contributed by atoms with E-state index in [4.69, 9.17) is 9.47 Å². The van der Waals surface area contributed by atoms with E-state index in [9.17, 15) is 9.59 Å². The summed E-state index contributed by atoms with van der Waals surface area (Å²) in [6.07, 6.45) is 1.54. The van der Waals surface area contributed by atoms with Gasteiger partial charge in [-0.3, -0.25) is 4.79 Å². The molecule has 32 heavy (non-hydrogen) atoms. The highest BCUT2D eigenvalue weighted by atomic mass is 16.5. The molecule has 3 aromatic carbocycles. The van der Waals surface area contributed by atoms with Gasteiger partial charge < -0.3 is 14.8 Å². The molecule has 0 bridgehead atoms. The van der Waals surface area contributed by atoms with E-state index in [2.05, 4.69) is 24.0 Å². The first-order valence-corrected chi connectivity index (χ1v) is 10.4. The third-order valence-electron chi connectivity index (χ3n) is 4.31. The lowest BCUT2D eigenvalue weighted by Gasteiger charge is -2.06. The third kappa shape index (κ3) is 10.9. The van der Waals surface area contributed by atoms with Crippen molar-refractivity contribution in [2.45, 2.75) is 26.2 Å². The second-order valence-electron chi connectivity index (χ2n) is 6.86. The Hall–Kier alpha value is -3.70. The Morgan fingerprint density at radius 2 is 1.19 bits per heavy atom. The van der Waals surface area contributed by atoms with Crippen LogP contribution in [0.1, 0.15) is 23.1 Å². The molecule has 0 unspecified atom stereocenters. The van der Waals surface area contributed by atoms with Gasteiger partial charge >= 0.3 is 11.9 Å². The van der Waals surface area contributed by atoms with Crippen molar-refractivity contribution in [3.05, 3.63) is 120 Å². The minimum absolute atomic E-state index is 0.172. The Labute approximate surface area is 189 Å². The number of rotatable bonds is 10. The van der Waals surface area contributed by atoms with Crippen LogP contribution in [-0.2, 0) is 38.8 Å². The quantitative estimate of drug-likeness (QED) is 0.283. The van der Waals surface area contributed by atoms with Crippen LogP contribution in [0.2, 0.25) is 0 Å². The number of hydrogen-bond donors (Lipinski definition) is 1. The van der Waals surface area contributed by atoms with Crippen molar-refractivity contribution in [2.75, 3.05) is 6.54 Å². The van der Waals surface area contributed by atoms with Gasteiger partial charge in [0.15, 0.2) is 0 Å². The molecule has 0 amide bonds. The van der Waals surface area contributed by atoms with Crippen molar-refractivity contribution in [1.29, 1.82) is 0 Å². The van der Waals surface area contributed by atoms with Crippen molar-refractivity contribution in [2.24, 2.45) is 0 Å². The Kier molecular flexibility index (Phi) is 11.6. The van der Waals surface area contributed by atoms with Gasteiger partial charge in [0.05, 0.1) is 6.42 Å². The van der Waals surface area contributed by atoms with Crippen molar-refractivity contribution < 1.29 is 19.1 Å². The zero-order valence-electron chi connectivity index (χ0n) is 18.1. The first kappa shape index (κ1) is 24.6. The molecule has 0 spiro atoms. The number of ether oxygens (including phenoxy) is 2. The van der Waals surface area contributed by atoms with E-state index in [-0.39, 0.29) is 11.9 Å². The molecule has 166 valence electrons. The predicted octanol–water partition coefficient (Wildman–Crippen LogP) is 4.83. The summed E-state index contributed by atoms with van der Waals surface area (Å²) in [7, 11) is 0. The maximum absolute atomic E-state index is 11.6. The molecule has 0 aliphatic heterocycles. The lowest BCUT2D eigenvalue weighted by molar-refractivity contribution is -0.144. The number of nitrogens with one attached hydrogen (secondary N) is 1. The topological polar surface area (TPSA) is 64.6 Å². The van der Waals surface area contributed by atoms with E-state index in [1.807, 2.05) is 78.9 Å². The monoisotopic (exact) mass is 431 g/mol. The van der Waals surface area contributed by atoms with Gasteiger partial charge in [0.1, 0.15) is 13.2 Å². The van der Waals surface area contributed by atoms with E-state index in [1.165, 1.54) is 5.56 Å². The lowest BCUT2D eigenvalue weighted by Crippen LogP contribution is -2.19. The van der Waals surface area contributed by atoms with Gasteiger partial charge in [-0.2, -0.15) is 0 Å². The molecule has 0 saturated heterocycles. The van der Waals surface area contributed by atoms with Crippen LogP contribution in [0.4, 0.5) is 0 Å². The van der Waals surface area contributed by atoms with Crippen molar-refractivity contribution in [3.63, 3.8) is 0 Å². The number of hydrogen-bond acceptors (Lipinski definition) is 5. The zero-order valence-corrected chi connectivity index (χ0v) is 18.1. The summed E-state index contributed by atoms with van der Waals surface area (Å²) in [5, 5.41) is 3.23. The highest BCUT2D eigenvalue weighted by molar-refractivity contribution is 5.81. The summed E-state index contributed by atoms with van der Waals surface area (Å²) in [5.74, 6) is -0.562. The second kappa shape index (κ2) is 15.2.